The summed E-state index contributed by atoms with van der Waals surface area (Å²) in [6.07, 6.45) is 1.09. The Hall–Kier alpha value is -0.730. The van der Waals surface area contributed by atoms with Gasteiger partial charge in [0.2, 0.25) is 0 Å². The maximum absolute atomic E-state index is 5.72. The van der Waals surface area contributed by atoms with Crippen LogP contribution in [0.15, 0.2) is 24.3 Å². The lowest BCUT2D eigenvalue weighted by Crippen LogP contribution is -2.25. The van der Waals surface area contributed by atoms with Crippen LogP contribution in [0.5, 0.6) is 5.75 Å². The number of halogens is 1. The molecule has 0 amide bonds. The number of hydrogen-bond acceptors (Lipinski definition) is 2. The van der Waals surface area contributed by atoms with Crippen LogP contribution in [0, 0.1) is 6.92 Å². The predicted molar refractivity (Wildman–Crippen MR) is 62.2 cm³/mol. The first-order valence-electron chi connectivity index (χ1n) is 4.70. The molecule has 0 fully saturated rings. The van der Waals surface area contributed by atoms with E-state index in [9.17, 15) is 0 Å². The maximum atomic E-state index is 5.72. The van der Waals surface area contributed by atoms with Gasteiger partial charge in [0.05, 0.1) is 0 Å². The maximum Gasteiger partial charge on any atom is 0.122 e. The van der Waals surface area contributed by atoms with Crippen molar-refractivity contribution in [1.29, 1.82) is 0 Å². The molecule has 0 bridgehead atoms. The Morgan fingerprint density at radius 1 is 1.36 bits per heavy atom. The monoisotopic (exact) mass is 215 g/mol. The first-order chi connectivity index (χ1) is 6.27. The Morgan fingerprint density at radius 2 is 2.00 bits per heavy atom. The molecule has 0 saturated carbocycles. The van der Waals surface area contributed by atoms with Gasteiger partial charge in [-0.25, -0.2) is 0 Å². The van der Waals surface area contributed by atoms with Crippen molar-refractivity contribution in [2.45, 2.75) is 26.4 Å². The van der Waals surface area contributed by atoms with Gasteiger partial charge in [0.1, 0.15) is 11.9 Å². The molecule has 2 N–H and O–H groups in total. The van der Waals surface area contributed by atoms with Gasteiger partial charge in [0.15, 0.2) is 0 Å². The number of aryl methyl sites for hydroxylation is 1. The number of para-hydroxylation sites is 1. The van der Waals surface area contributed by atoms with Crippen molar-refractivity contribution in [3.63, 3.8) is 0 Å². The minimum absolute atomic E-state index is 0. The molecule has 0 aliphatic heterocycles. The largest absolute Gasteiger partial charge is 0.489 e. The normalized spacial score (nSPS) is 11.6. The van der Waals surface area contributed by atoms with Crippen LogP contribution in [0.4, 0.5) is 0 Å². The zero-order chi connectivity index (χ0) is 9.68. The number of benzene rings is 1. The van der Waals surface area contributed by atoms with Gasteiger partial charge in [-0.2, -0.15) is 0 Å². The molecule has 0 aliphatic carbocycles. The second-order valence-electron chi connectivity index (χ2n) is 3.15. The second-order valence-corrected chi connectivity index (χ2v) is 3.15. The molecule has 1 aromatic rings. The van der Waals surface area contributed by atoms with Gasteiger partial charge in [-0.1, -0.05) is 25.1 Å². The van der Waals surface area contributed by atoms with Gasteiger partial charge in [0, 0.05) is 6.54 Å². The van der Waals surface area contributed by atoms with Crippen LogP contribution in [-0.4, -0.2) is 12.6 Å². The van der Waals surface area contributed by atoms with Gasteiger partial charge in [0.25, 0.3) is 0 Å². The molecule has 3 heteroatoms. The van der Waals surface area contributed by atoms with Crippen LogP contribution in [0.25, 0.3) is 0 Å². The molecule has 80 valence electrons. The summed E-state index contributed by atoms with van der Waals surface area (Å²) >= 11 is 0. The molecule has 2 nitrogen and oxygen atoms in total. The lowest BCUT2D eigenvalue weighted by atomic mass is 10.2. The molecule has 0 aromatic heterocycles. The first-order valence-corrected chi connectivity index (χ1v) is 4.70. The van der Waals surface area contributed by atoms with Crippen molar-refractivity contribution in [2.24, 2.45) is 5.73 Å². The quantitative estimate of drug-likeness (QED) is 0.838. The van der Waals surface area contributed by atoms with Crippen molar-refractivity contribution in [1.82, 2.24) is 0 Å². The number of hydrogen-bond donors (Lipinski definition) is 1. The fraction of sp³-hybridized carbons (Fsp3) is 0.455. The van der Waals surface area contributed by atoms with Crippen molar-refractivity contribution in [2.75, 3.05) is 6.54 Å². The minimum atomic E-state index is 0. The van der Waals surface area contributed by atoms with E-state index in [2.05, 4.69) is 6.92 Å². The molecule has 0 aliphatic rings. The topological polar surface area (TPSA) is 35.2 Å². The van der Waals surface area contributed by atoms with Crippen molar-refractivity contribution in [3.8, 4) is 5.75 Å². The summed E-state index contributed by atoms with van der Waals surface area (Å²) in [5, 5.41) is 0. The molecular weight excluding hydrogens is 198 g/mol. The third-order valence-electron chi connectivity index (χ3n) is 2.11. The average molecular weight is 216 g/mol. The lowest BCUT2D eigenvalue weighted by Gasteiger charge is -2.16. The van der Waals surface area contributed by atoms with Crippen LogP contribution in [0.1, 0.15) is 18.9 Å². The summed E-state index contributed by atoms with van der Waals surface area (Å²) < 4.78 is 5.72. The van der Waals surface area contributed by atoms with Gasteiger partial charge in [-0.15, -0.1) is 12.4 Å². The Bertz CT molecular complexity index is 261. The van der Waals surface area contributed by atoms with Crippen LogP contribution in [0.2, 0.25) is 0 Å². The molecule has 0 radical (unpaired) electrons. The summed E-state index contributed by atoms with van der Waals surface area (Å²) in [5.74, 6) is 0.944. The summed E-state index contributed by atoms with van der Waals surface area (Å²) in [7, 11) is 0. The van der Waals surface area contributed by atoms with E-state index in [-0.39, 0.29) is 18.5 Å². The zero-order valence-electron chi connectivity index (χ0n) is 8.69. The van der Waals surface area contributed by atoms with Gasteiger partial charge >= 0.3 is 0 Å². The summed E-state index contributed by atoms with van der Waals surface area (Å²) in [5.41, 5.74) is 6.72. The van der Waals surface area contributed by atoms with E-state index in [0.717, 1.165) is 17.7 Å². The van der Waals surface area contributed by atoms with E-state index in [0.29, 0.717) is 6.54 Å². The smallest absolute Gasteiger partial charge is 0.122 e. The van der Waals surface area contributed by atoms with Crippen molar-refractivity contribution < 1.29 is 4.74 Å². The van der Waals surface area contributed by atoms with E-state index >= 15 is 0 Å². The number of nitrogens with two attached hydrogens (primary N) is 1. The van der Waals surface area contributed by atoms with E-state index < -0.39 is 0 Å². The summed E-state index contributed by atoms with van der Waals surface area (Å²) in [6, 6.07) is 8.00. The average Bonchev–Trinajstić information content (AvgIpc) is 2.17. The van der Waals surface area contributed by atoms with Crippen molar-refractivity contribution in [3.05, 3.63) is 29.8 Å². The highest BCUT2D eigenvalue weighted by atomic mass is 35.5. The Morgan fingerprint density at radius 3 is 2.50 bits per heavy atom. The van der Waals surface area contributed by atoms with Crippen LogP contribution >= 0.6 is 12.4 Å². The van der Waals surface area contributed by atoms with E-state index in [1.807, 2.05) is 31.2 Å². The Balaban J connectivity index is 0.00000169. The molecule has 1 unspecified atom stereocenters. The fourth-order valence-electron chi connectivity index (χ4n) is 1.17. The van der Waals surface area contributed by atoms with E-state index in [1.54, 1.807) is 0 Å². The highest BCUT2D eigenvalue weighted by Gasteiger charge is 2.06. The summed E-state index contributed by atoms with van der Waals surface area (Å²) in [4.78, 5) is 0. The lowest BCUT2D eigenvalue weighted by molar-refractivity contribution is 0.204. The predicted octanol–water partition coefficient (Wildman–Crippen LogP) is 2.53. The summed E-state index contributed by atoms with van der Waals surface area (Å²) in [6.45, 7) is 4.69. The molecule has 1 atom stereocenters. The minimum Gasteiger partial charge on any atom is -0.489 e. The Kier molecular flexibility index (Phi) is 6.34. The molecule has 1 rings (SSSR count). The first kappa shape index (κ1) is 13.3. The molecule has 0 spiro atoms. The molecule has 1 aromatic carbocycles. The van der Waals surface area contributed by atoms with Gasteiger partial charge < -0.3 is 10.5 Å². The highest BCUT2D eigenvalue weighted by Crippen LogP contribution is 2.18. The van der Waals surface area contributed by atoms with Gasteiger partial charge in [-0.05, 0) is 25.0 Å². The number of ether oxygens (including phenoxy) is 1. The SMILES string of the molecule is CCC(CN)Oc1ccccc1C.Cl. The molecular formula is C11H18ClNO. The van der Waals surface area contributed by atoms with Crippen LogP contribution in [0.3, 0.4) is 0 Å². The number of rotatable bonds is 4. The van der Waals surface area contributed by atoms with Crippen LogP contribution < -0.4 is 10.5 Å². The highest BCUT2D eigenvalue weighted by molar-refractivity contribution is 5.85. The fourth-order valence-corrected chi connectivity index (χ4v) is 1.17. The van der Waals surface area contributed by atoms with E-state index in [1.165, 1.54) is 0 Å². The molecule has 0 saturated heterocycles. The Labute approximate surface area is 91.9 Å². The van der Waals surface area contributed by atoms with Crippen LogP contribution in [-0.2, 0) is 0 Å². The van der Waals surface area contributed by atoms with E-state index in [4.69, 9.17) is 10.5 Å². The molecule has 14 heavy (non-hydrogen) atoms. The third kappa shape index (κ3) is 3.56. The second kappa shape index (κ2) is 6.68. The van der Waals surface area contributed by atoms with Gasteiger partial charge in [-0.3, -0.25) is 0 Å². The zero-order valence-corrected chi connectivity index (χ0v) is 9.51. The third-order valence-corrected chi connectivity index (χ3v) is 2.11. The van der Waals surface area contributed by atoms with Crippen molar-refractivity contribution >= 4 is 12.4 Å². The molecule has 0 heterocycles. The standard InChI is InChI=1S/C11H17NO.ClH/c1-3-10(8-12)13-11-7-5-4-6-9(11)2;/h4-7,10H,3,8,12H2,1-2H3;1H.